The standard InChI is InChI=1S/C34H38F3N5O3S/c1-21(2)19-26(40-30-28(35)31(37)41-32(29(30)36)38-20-22-11-7-6-8-12-22)33(43)39-24-17-15-23(16-18-24)25-13-9-10-14-27(25)46(44,45)42-34(3,4)5/h6-18,21,26,42H,19-20H2,1-5H3,(H,39,43)(H2,38,40,41). The lowest BCUT2D eigenvalue weighted by Gasteiger charge is -2.23. The summed E-state index contributed by atoms with van der Waals surface area (Å²) in [7, 11) is -3.83. The first kappa shape index (κ1) is 34.5. The highest BCUT2D eigenvalue weighted by atomic mass is 32.2. The molecule has 8 nitrogen and oxygen atoms in total. The topological polar surface area (TPSA) is 112 Å². The molecule has 1 unspecified atom stereocenters. The first-order valence-electron chi connectivity index (χ1n) is 14.8. The molecule has 1 heterocycles. The maximum Gasteiger partial charge on any atom is 0.253 e. The van der Waals surface area contributed by atoms with Crippen LogP contribution in [0.2, 0.25) is 0 Å². The van der Waals surface area contributed by atoms with Crippen LogP contribution in [-0.2, 0) is 21.4 Å². The summed E-state index contributed by atoms with van der Waals surface area (Å²) >= 11 is 0. The molecule has 4 aromatic rings. The Kier molecular flexibility index (Phi) is 10.7. The fourth-order valence-electron chi connectivity index (χ4n) is 4.78. The maximum atomic E-state index is 15.4. The third kappa shape index (κ3) is 8.85. The number of pyridine rings is 1. The van der Waals surface area contributed by atoms with Crippen LogP contribution in [0.25, 0.3) is 11.1 Å². The Morgan fingerprint density at radius 3 is 2.13 bits per heavy atom. The van der Waals surface area contributed by atoms with Crippen LogP contribution in [0.15, 0.2) is 83.8 Å². The molecule has 0 bridgehead atoms. The monoisotopic (exact) mass is 653 g/mol. The number of hydrogen-bond acceptors (Lipinski definition) is 6. The van der Waals surface area contributed by atoms with E-state index in [1.54, 1.807) is 87.5 Å². The molecule has 4 rings (SSSR count). The number of anilines is 3. The Hall–Kier alpha value is -4.42. The van der Waals surface area contributed by atoms with Crippen LogP contribution in [0.4, 0.5) is 30.4 Å². The Balaban J connectivity index is 1.55. The van der Waals surface area contributed by atoms with E-state index in [-0.39, 0.29) is 23.8 Å². The summed E-state index contributed by atoms with van der Waals surface area (Å²) in [5.41, 5.74) is 0.716. The number of carbonyl (C=O) groups is 1. The number of halogens is 3. The van der Waals surface area contributed by atoms with E-state index in [1.165, 1.54) is 6.07 Å². The molecule has 0 saturated heterocycles. The van der Waals surface area contributed by atoms with Gasteiger partial charge in [-0.1, -0.05) is 74.5 Å². The van der Waals surface area contributed by atoms with E-state index in [2.05, 4.69) is 25.7 Å². The van der Waals surface area contributed by atoms with Crippen molar-refractivity contribution in [1.29, 1.82) is 0 Å². The maximum absolute atomic E-state index is 15.4. The highest BCUT2D eigenvalue weighted by Crippen LogP contribution is 2.30. The molecule has 0 saturated carbocycles. The van der Waals surface area contributed by atoms with Crippen LogP contribution in [0.1, 0.15) is 46.6 Å². The Bertz CT molecular complexity index is 1780. The molecule has 1 aromatic heterocycles. The van der Waals surface area contributed by atoms with Crippen molar-refractivity contribution in [3.63, 3.8) is 0 Å². The lowest BCUT2D eigenvalue weighted by molar-refractivity contribution is -0.117. The fraction of sp³-hybridized carbons (Fsp3) is 0.294. The normalized spacial score (nSPS) is 12.5. The fourth-order valence-corrected chi connectivity index (χ4v) is 6.43. The first-order chi connectivity index (χ1) is 21.6. The minimum absolute atomic E-state index is 0.0701. The van der Waals surface area contributed by atoms with Gasteiger partial charge < -0.3 is 16.0 Å². The minimum Gasteiger partial charge on any atom is -0.369 e. The van der Waals surface area contributed by atoms with Gasteiger partial charge in [0.1, 0.15) is 11.7 Å². The molecule has 46 heavy (non-hydrogen) atoms. The van der Waals surface area contributed by atoms with E-state index in [4.69, 9.17) is 0 Å². The first-order valence-corrected chi connectivity index (χ1v) is 16.3. The number of nitrogens with one attached hydrogen (secondary N) is 4. The number of sulfonamides is 1. The van der Waals surface area contributed by atoms with Crippen molar-refractivity contribution >= 4 is 33.1 Å². The lowest BCUT2D eigenvalue weighted by Crippen LogP contribution is -2.40. The van der Waals surface area contributed by atoms with Gasteiger partial charge in [0.15, 0.2) is 11.6 Å². The van der Waals surface area contributed by atoms with Gasteiger partial charge in [-0.2, -0.15) is 13.8 Å². The number of hydrogen-bond donors (Lipinski definition) is 4. The van der Waals surface area contributed by atoms with Crippen molar-refractivity contribution in [2.24, 2.45) is 5.92 Å². The third-order valence-corrected chi connectivity index (χ3v) is 8.58. The summed E-state index contributed by atoms with van der Waals surface area (Å²) in [5, 5.41) is 7.99. The Labute approximate surface area is 267 Å². The zero-order chi connectivity index (χ0) is 33.6. The largest absolute Gasteiger partial charge is 0.369 e. The van der Waals surface area contributed by atoms with Crippen molar-refractivity contribution in [3.05, 3.63) is 102 Å². The van der Waals surface area contributed by atoms with Crippen LogP contribution in [-0.4, -0.2) is 30.9 Å². The molecular formula is C34H38F3N5O3S. The van der Waals surface area contributed by atoms with Gasteiger partial charge in [0, 0.05) is 23.3 Å². The van der Waals surface area contributed by atoms with Crippen molar-refractivity contribution in [2.45, 2.75) is 64.1 Å². The summed E-state index contributed by atoms with van der Waals surface area (Å²) in [6.07, 6.45) is 0.172. The molecule has 0 fully saturated rings. The van der Waals surface area contributed by atoms with Crippen molar-refractivity contribution in [3.8, 4) is 11.1 Å². The van der Waals surface area contributed by atoms with Gasteiger partial charge in [-0.15, -0.1) is 0 Å². The highest BCUT2D eigenvalue weighted by Gasteiger charge is 2.28. The Morgan fingerprint density at radius 2 is 1.50 bits per heavy atom. The average Bonchev–Trinajstić information content (AvgIpc) is 2.99. The van der Waals surface area contributed by atoms with E-state index in [1.807, 2.05) is 19.9 Å². The SMILES string of the molecule is CC(C)CC(Nc1c(F)c(F)nc(NCc2ccccc2)c1F)C(=O)Nc1ccc(-c2ccccc2S(=O)(=O)NC(C)(C)C)cc1. The van der Waals surface area contributed by atoms with E-state index in [0.717, 1.165) is 5.56 Å². The molecule has 1 atom stereocenters. The summed E-state index contributed by atoms with van der Waals surface area (Å²) in [5.74, 6) is -5.38. The average molecular weight is 654 g/mol. The zero-order valence-electron chi connectivity index (χ0n) is 26.3. The predicted octanol–water partition coefficient (Wildman–Crippen LogP) is 7.32. The van der Waals surface area contributed by atoms with Crippen LogP contribution in [0, 0.1) is 23.5 Å². The third-order valence-electron chi connectivity index (χ3n) is 6.76. The van der Waals surface area contributed by atoms with E-state index < -0.39 is 56.6 Å². The van der Waals surface area contributed by atoms with Gasteiger partial charge in [0.25, 0.3) is 5.95 Å². The zero-order valence-corrected chi connectivity index (χ0v) is 27.1. The summed E-state index contributed by atoms with van der Waals surface area (Å²) in [4.78, 5) is 16.9. The van der Waals surface area contributed by atoms with Gasteiger partial charge in [-0.05, 0) is 62.4 Å². The summed E-state index contributed by atoms with van der Waals surface area (Å²) in [6, 6.07) is 20.9. The summed E-state index contributed by atoms with van der Waals surface area (Å²) in [6.45, 7) is 9.04. The van der Waals surface area contributed by atoms with Crippen LogP contribution in [0.5, 0.6) is 0 Å². The van der Waals surface area contributed by atoms with Crippen molar-refractivity contribution < 1.29 is 26.4 Å². The lowest BCUT2D eigenvalue weighted by atomic mass is 10.0. The van der Waals surface area contributed by atoms with Gasteiger partial charge in [0.2, 0.25) is 21.7 Å². The van der Waals surface area contributed by atoms with Gasteiger partial charge in [0.05, 0.1) is 4.90 Å². The molecule has 0 radical (unpaired) electrons. The Morgan fingerprint density at radius 1 is 0.870 bits per heavy atom. The van der Waals surface area contributed by atoms with Gasteiger partial charge in [-0.25, -0.2) is 17.5 Å². The number of aromatic nitrogens is 1. The van der Waals surface area contributed by atoms with Crippen molar-refractivity contribution in [2.75, 3.05) is 16.0 Å². The molecule has 0 aliphatic carbocycles. The molecule has 1 amide bonds. The minimum atomic E-state index is -3.83. The van der Waals surface area contributed by atoms with Gasteiger partial charge in [-0.3, -0.25) is 4.79 Å². The van der Waals surface area contributed by atoms with Gasteiger partial charge >= 0.3 is 0 Å². The van der Waals surface area contributed by atoms with Crippen LogP contribution < -0.4 is 20.7 Å². The molecular weight excluding hydrogens is 615 g/mol. The second-order valence-corrected chi connectivity index (χ2v) is 14.0. The molecule has 3 aromatic carbocycles. The number of benzene rings is 3. The molecule has 0 aliphatic rings. The second-order valence-electron chi connectivity index (χ2n) is 12.3. The number of carbonyl (C=O) groups excluding carboxylic acids is 1. The predicted molar refractivity (Wildman–Crippen MR) is 175 cm³/mol. The number of amides is 1. The van der Waals surface area contributed by atoms with E-state index in [0.29, 0.717) is 16.8 Å². The van der Waals surface area contributed by atoms with E-state index in [9.17, 15) is 22.0 Å². The van der Waals surface area contributed by atoms with Crippen molar-refractivity contribution in [1.82, 2.24) is 9.71 Å². The molecule has 4 N–H and O–H groups in total. The number of nitrogens with zero attached hydrogens (tertiary/aromatic N) is 1. The quantitative estimate of drug-likeness (QED) is 0.119. The molecule has 0 spiro atoms. The van der Waals surface area contributed by atoms with E-state index >= 15 is 4.39 Å². The smallest absolute Gasteiger partial charge is 0.253 e. The molecule has 244 valence electrons. The molecule has 0 aliphatic heterocycles. The number of rotatable bonds is 12. The summed E-state index contributed by atoms with van der Waals surface area (Å²) < 4.78 is 73.7. The molecule has 12 heteroatoms. The second kappa shape index (κ2) is 14.3. The van der Waals surface area contributed by atoms with Crippen LogP contribution in [0.3, 0.4) is 0 Å². The highest BCUT2D eigenvalue weighted by molar-refractivity contribution is 7.89. The van der Waals surface area contributed by atoms with Crippen LogP contribution >= 0.6 is 0 Å².